The maximum Gasteiger partial charge on any atom is 0.254 e. The average molecular weight is 426 g/mol. The number of aryl methyl sites for hydroxylation is 1. The molecule has 0 atom stereocenters. The largest absolute Gasteiger partial charge is 0.436 e. The molecule has 0 N–H and O–H groups in total. The van der Waals surface area contributed by atoms with Gasteiger partial charge >= 0.3 is 0 Å². The lowest BCUT2D eigenvalue weighted by molar-refractivity contribution is 0.0699. The average Bonchev–Trinajstić information content (AvgIpc) is 3.23. The Bertz CT molecular complexity index is 1160. The molecule has 0 radical (unpaired) electrons. The van der Waals surface area contributed by atoms with E-state index in [0.717, 1.165) is 11.1 Å². The van der Waals surface area contributed by atoms with Crippen molar-refractivity contribution in [2.24, 2.45) is 0 Å². The highest BCUT2D eigenvalue weighted by Crippen LogP contribution is 2.29. The Kier molecular flexibility index (Phi) is 5.44. The smallest absolute Gasteiger partial charge is 0.254 e. The summed E-state index contributed by atoms with van der Waals surface area (Å²) in [6, 6.07) is 15.1. The zero-order valence-electron chi connectivity index (χ0n) is 16.9. The molecule has 4 rings (SSSR count). The van der Waals surface area contributed by atoms with Crippen molar-refractivity contribution in [2.75, 3.05) is 32.4 Å². The van der Waals surface area contributed by atoms with Crippen LogP contribution in [0.3, 0.4) is 0 Å². The minimum atomic E-state index is -3.25. The number of nitrogens with zero attached hydrogens (tertiary/aromatic N) is 3. The van der Waals surface area contributed by atoms with Gasteiger partial charge in [-0.05, 0) is 19.1 Å². The Hall–Kier alpha value is -2.97. The fourth-order valence-electron chi connectivity index (χ4n) is 3.50. The summed E-state index contributed by atoms with van der Waals surface area (Å²) in [5.41, 5.74) is 3.18. The van der Waals surface area contributed by atoms with Crippen LogP contribution >= 0.6 is 0 Å². The van der Waals surface area contributed by atoms with Gasteiger partial charge in [-0.1, -0.05) is 42.0 Å². The summed E-state index contributed by atoms with van der Waals surface area (Å²) >= 11 is 0. The van der Waals surface area contributed by atoms with Crippen LogP contribution in [0.25, 0.3) is 22.8 Å². The predicted molar refractivity (Wildman–Crippen MR) is 114 cm³/mol. The Morgan fingerprint density at radius 3 is 2.33 bits per heavy atom. The van der Waals surface area contributed by atoms with Gasteiger partial charge in [-0.25, -0.2) is 13.4 Å². The van der Waals surface area contributed by atoms with Gasteiger partial charge in [-0.3, -0.25) is 4.79 Å². The molecule has 1 saturated heterocycles. The molecule has 0 unspecified atom stereocenters. The van der Waals surface area contributed by atoms with Gasteiger partial charge < -0.3 is 9.32 Å². The Morgan fingerprint density at radius 1 is 1.00 bits per heavy atom. The second-order valence-electron chi connectivity index (χ2n) is 7.40. The monoisotopic (exact) mass is 425 g/mol. The highest BCUT2D eigenvalue weighted by atomic mass is 32.2. The lowest BCUT2D eigenvalue weighted by atomic mass is 10.1. The summed E-state index contributed by atoms with van der Waals surface area (Å²) in [6.45, 7) is 3.31. The summed E-state index contributed by atoms with van der Waals surface area (Å²) in [5, 5.41) is 0. The summed E-state index contributed by atoms with van der Waals surface area (Å²) in [5.74, 6) is 0.854. The summed E-state index contributed by atoms with van der Waals surface area (Å²) < 4.78 is 30.8. The molecule has 0 spiro atoms. The SMILES string of the molecule is Cc1ccc(-c2cnc(-c3ccccc3C(=O)N3CCN(S(C)(=O)=O)CC3)o2)cc1. The van der Waals surface area contributed by atoms with Gasteiger partial charge in [0, 0.05) is 37.3 Å². The van der Waals surface area contributed by atoms with Crippen molar-refractivity contribution < 1.29 is 17.6 Å². The molecule has 1 aliphatic heterocycles. The first-order chi connectivity index (χ1) is 14.3. The lowest BCUT2D eigenvalue weighted by Crippen LogP contribution is -2.50. The normalized spacial score (nSPS) is 15.3. The molecule has 1 aliphatic rings. The van der Waals surface area contributed by atoms with Crippen LogP contribution in [0.1, 0.15) is 15.9 Å². The van der Waals surface area contributed by atoms with E-state index < -0.39 is 10.0 Å². The van der Waals surface area contributed by atoms with Crippen molar-refractivity contribution in [3.05, 3.63) is 65.9 Å². The van der Waals surface area contributed by atoms with Gasteiger partial charge in [0.05, 0.1) is 18.0 Å². The zero-order valence-corrected chi connectivity index (χ0v) is 17.7. The van der Waals surface area contributed by atoms with Crippen molar-refractivity contribution in [1.29, 1.82) is 0 Å². The molecule has 2 aromatic carbocycles. The van der Waals surface area contributed by atoms with Gasteiger partial charge in [0.1, 0.15) is 0 Å². The zero-order chi connectivity index (χ0) is 21.3. The molecule has 0 bridgehead atoms. The molecule has 8 heteroatoms. The van der Waals surface area contributed by atoms with Crippen molar-refractivity contribution in [1.82, 2.24) is 14.2 Å². The summed E-state index contributed by atoms with van der Waals surface area (Å²) in [4.78, 5) is 19.2. The van der Waals surface area contributed by atoms with Gasteiger partial charge in [0.15, 0.2) is 5.76 Å². The van der Waals surface area contributed by atoms with Crippen molar-refractivity contribution in [2.45, 2.75) is 6.92 Å². The van der Waals surface area contributed by atoms with Crippen LogP contribution in [-0.2, 0) is 10.0 Å². The van der Waals surface area contributed by atoms with Gasteiger partial charge in [-0.15, -0.1) is 0 Å². The molecule has 0 saturated carbocycles. The molecule has 1 amide bonds. The van der Waals surface area contributed by atoms with Gasteiger partial charge in [0.25, 0.3) is 5.91 Å². The van der Waals surface area contributed by atoms with Crippen molar-refractivity contribution in [3.8, 4) is 22.8 Å². The minimum Gasteiger partial charge on any atom is -0.436 e. The number of rotatable bonds is 4. The summed E-state index contributed by atoms with van der Waals surface area (Å²) in [6.07, 6.45) is 2.85. The van der Waals surface area contributed by atoms with Crippen LogP contribution in [-0.4, -0.2) is 60.9 Å². The van der Waals surface area contributed by atoms with Crippen molar-refractivity contribution in [3.63, 3.8) is 0 Å². The van der Waals surface area contributed by atoms with Crippen LogP contribution in [0.15, 0.2) is 59.1 Å². The molecule has 0 aliphatic carbocycles. The van der Waals surface area contributed by atoms with E-state index in [1.807, 2.05) is 43.3 Å². The molecule has 2 heterocycles. The van der Waals surface area contributed by atoms with E-state index in [0.29, 0.717) is 49.0 Å². The molecule has 1 fully saturated rings. The number of sulfonamides is 1. The predicted octanol–water partition coefficient (Wildman–Crippen LogP) is 3.03. The third-order valence-corrected chi connectivity index (χ3v) is 6.53. The fourth-order valence-corrected chi connectivity index (χ4v) is 4.33. The highest BCUT2D eigenvalue weighted by molar-refractivity contribution is 7.88. The lowest BCUT2D eigenvalue weighted by Gasteiger charge is -2.33. The number of carbonyl (C=O) groups is 1. The van der Waals surface area contributed by atoms with Crippen LogP contribution in [0.4, 0.5) is 0 Å². The van der Waals surface area contributed by atoms with E-state index >= 15 is 0 Å². The standard InChI is InChI=1S/C22H23N3O4S/c1-16-7-9-17(10-8-16)20-15-23-21(29-20)18-5-3-4-6-19(18)22(26)24-11-13-25(14-12-24)30(2,27)28/h3-10,15H,11-14H2,1-2H3. The van der Waals surface area contributed by atoms with Crippen LogP contribution in [0.2, 0.25) is 0 Å². The van der Waals surface area contributed by atoms with E-state index in [1.165, 1.54) is 10.6 Å². The first-order valence-electron chi connectivity index (χ1n) is 9.69. The first-order valence-corrected chi connectivity index (χ1v) is 11.5. The molecule has 156 valence electrons. The Labute approximate surface area is 176 Å². The second kappa shape index (κ2) is 8.04. The molecule has 3 aromatic rings. The number of carbonyl (C=O) groups excluding carboxylic acids is 1. The number of amides is 1. The number of hydrogen-bond donors (Lipinski definition) is 0. The van der Waals surface area contributed by atoms with E-state index in [4.69, 9.17) is 4.42 Å². The third kappa shape index (κ3) is 4.15. The Balaban J connectivity index is 1.58. The fraction of sp³-hybridized carbons (Fsp3) is 0.273. The number of oxazole rings is 1. The van der Waals surface area contributed by atoms with E-state index in [2.05, 4.69) is 4.98 Å². The first kappa shape index (κ1) is 20.3. The van der Waals surface area contributed by atoms with Crippen LogP contribution in [0, 0.1) is 6.92 Å². The minimum absolute atomic E-state index is 0.158. The highest BCUT2D eigenvalue weighted by Gasteiger charge is 2.28. The molecular formula is C22H23N3O4S. The Morgan fingerprint density at radius 2 is 1.67 bits per heavy atom. The number of hydrogen-bond acceptors (Lipinski definition) is 5. The third-order valence-electron chi connectivity index (χ3n) is 5.22. The quantitative estimate of drug-likeness (QED) is 0.642. The number of benzene rings is 2. The number of piperazine rings is 1. The van der Waals surface area contributed by atoms with E-state index in [1.54, 1.807) is 23.2 Å². The molecule has 30 heavy (non-hydrogen) atoms. The maximum atomic E-state index is 13.2. The number of aromatic nitrogens is 1. The summed E-state index contributed by atoms with van der Waals surface area (Å²) in [7, 11) is -3.25. The molecule has 7 nitrogen and oxygen atoms in total. The van der Waals surface area contributed by atoms with Gasteiger partial charge in [0.2, 0.25) is 15.9 Å². The second-order valence-corrected chi connectivity index (χ2v) is 9.38. The van der Waals surface area contributed by atoms with Crippen LogP contribution in [0.5, 0.6) is 0 Å². The molecular weight excluding hydrogens is 402 g/mol. The maximum absolute atomic E-state index is 13.2. The van der Waals surface area contributed by atoms with Crippen molar-refractivity contribution >= 4 is 15.9 Å². The topological polar surface area (TPSA) is 83.7 Å². The molecule has 1 aromatic heterocycles. The van der Waals surface area contributed by atoms with Gasteiger partial charge in [-0.2, -0.15) is 4.31 Å². The van der Waals surface area contributed by atoms with E-state index in [-0.39, 0.29) is 5.91 Å². The van der Waals surface area contributed by atoms with E-state index in [9.17, 15) is 13.2 Å². The van der Waals surface area contributed by atoms with Crippen LogP contribution < -0.4 is 0 Å².